The average Bonchev–Trinajstić information content (AvgIpc) is 2.91. The van der Waals surface area contributed by atoms with Gasteiger partial charge in [0.15, 0.2) is 0 Å². The summed E-state index contributed by atoms with van der Waals surface area (Å²) >= 11 is 0. The lowest BCUT2D eigenvalue weighted by molar-refractivity contribution is 0.288. The minimum Gasteiger partial charge on any atom is -0.491 e. The minimum absolute atomic E-state index is 0.593. The molecule has 1 aromatic heterocycles. The van der Waals surface area contributed by atoms with Gasteiger partial charge in [0, 0.05) is 12.7 Å². The predicted octanol–water partition coefficient (Wildman–Crippen LogP) is 2.47. The van der Waals surface area contributed by atoms with E-state index >= 15 is 0 Å². The van der Waals surface area contributed by atoms with E-state index in [1.807, 2.05) is 10.9 Å². The summed E-state index contributed by atoms with van der Waals surface area (Å²) in [5, 5.41) is 11.6. The van der Waals surface area contributed by atoms with Gasteiger partial charge in [-0.1, -0.05) is 24.3 Å². The molecule has 1 heterocycles. The van der Waals surface area contributed by atoms with Gasteiger partial charge in [-0.3, -0.25) is 0 Å². The molecule has 0 saturated carbocycles. The Kier molecular flexibility index (Phi) is 5.75. The summed E-state index contributed by atoms with van der Waals surface area (Å²) in [5.74, 6) is 0.944. The highest BCUT2D eigenvalue weighted by molar-refractivity contribution is 5.35. The number of nitrogens with one attached hydrogen (secondary N) is 1. The molecule has 0 amide bonds. The first-order valence-electron chi connectivity index (χ1n) is 7.49. The number of aromatic nitrogens is 3. The molecule has 2 rings (SSSR count). The van der Waals surface area contributed by atoms with Gasteiger partial charge in [0.25, 0.3) is 0 Å². The van der Waals surface area contributed by atoms with Crippen molar-refractivity contribution in [2.24, 2.45) is 0 Å². The molecule has 0 fully saturated rings. The van der Waals surface area contributed by atoms with Crippen molar-refractivity contribution in [1.29, 1.82) is 0 Å². The number of ether oxygens (including phenoxy) is 1. The molecule has 0 radical (unpaired) electrons. The van der Waals surface area contributed by atoms with Crippen molar-refractivity contribution in [3.05, 3.63) is 41.2 Å². The van der Waals surface area contributed by atoms with Crippen molar-refractivity contribution in [3.8, 4) is 5.75 Å². The Morgan fingerprint density at radius 2 is 2.14 bits per heavy atom. The first-order valence-corrected chi connectivity index (χ1v) is 7.49. The highest BCUT2D eigenvalue weighted by Gasteiger charge is 2.02. The average molecular weight is 288 g/mol. The molecule has 5 heteroatoms. The van der Waals surface area contributed by atoms with Crippen LogP contribution in [0.3, 0.4) is 0 Å². The molecule has 114 valence electrons. The first kappa shape index (κ1) is 15.5. The number of aryl methyl sites for hydroxylation is 2. The van der Waals surface area contributed by atoms with Gasteiger partial charge >= 0.3 is 0 Å². The van der Waals surface area contributed by atoms with Gasteiger partial charge < -0.3 is 10.1 Å². The van der Waals surface area contributed by atoms with Crippen molar-refractivity contribution in [2.45, 2.75) is 40.3 Å². The standard InChI is InChI=1S/C16H24N4O/c1-4-7-17-11-15-12-20(19-18-15)8-9-21-16-10-13(2)5-6-14(16)3/h5-6,10,12,17H,4,7-9,11H2,1-3H3. The number of benzene rings is 1. The van der Waals surface area contributed by atoms with Crippen LogP contribution in [0.4, 0.5) is 0 Å². The molecular weight excluding hydrogens is 264 g/mol. The Balaban J connectivity index is 1.79. The van der Waals surface area contributed by atoms with Crippen LogP contribution in [0.2, 0.25) is 0 Å². The fraction of sp³-hybridized carbons (Fsp3) is 0.500. The molecule has 0 unspecified atom stereocenters. The first-order chi connectivity index (χ1) is 10.2. The Hall–Kier alpha value is -1.88. The van der Waals surface area contributed by atoms with Gasteiger partial charge in [-0.05, 0) is 44.0 Å². The number of nitrogens with zero attached hydrogens (tertiary/aromatic N) is 3. The lowest BCUT2D eigenvalue weighted by Gasteiger charge is -2.09. The van der Waals surface area contributed by atoms with E-state index < -0.39 is 0 Å². The highest BCUT2D eigenvalue weighted by Crippen LogP contribution is 2.18. The van der Waals surface area contributed by atoms with Crippen LogP contribution in [0.25, 0.3) is 0 Å². The van der Waals surface area contributed by atoms with Crippen LogP contribution in [0.15, 0.2) is 24.4 Å². The largest absolute Gasteiger partial charge is 0.491 e. The van der Waals surface area contributed by atoms with E-state index in [4.69, 9.17) is 4.74 Å². The molecule has 0 spiro atoms. The fourth-order valence-electron chi connectivity index (χ4n) is 2.03. The van der Waals surface area contributed by atoms with Gasteiger partial charge in [-0.25, -0.2) is 4.68 Å². The van der Waals surface area contributed by atoms with Crippen molar-refractivity contribution < 1.29 is 4.74 Å². The van der Waals surface area contributed by atoms with E-state index in [1.165, 1.54) is 5.56 Å². The van der Waals surface area contributed by atoms with Crippen LogP contribution in [-0.4, -0.2) is 28.1 Å². The van der Waals surface area contributed by atoms with E-state index in [-0.39, 0.29) is 0 Å². The zero-order chi connectivity index (χ0) is 15.1. The van der Waals surface area contributed by atoms with Crippen LogP contribution in [0.5, 0.6) is 5.75 Å². The van der Waals surface area contributed by atoms with Crippen molar-refractivity contribution >= 4 is 0 Å². The van der Waals surface area contributed by atoms with Crippen molar-refractivity contribution in [1.82, 2.24) is 20.3 Å². The Bertz CT molecular complexity index is 565. The maximum atomic E-state index is 5.83. The summed E-state index contributed by atoms with van der Waals surface area (Å²) in [7, 11) is 0. The summed E-state index contributed by atoms with van der Waals surface area (Å²) in [4.78, 5) is 0. The van der Waals surface area contributed by atoms with E-state index in [0.29, 0.717) is 13.2 Å². The number of hydrogen-bond donors (Lipinski definition) is 1. The topological polar surface area (TPSA) is 52.0 Å². The molecule has 21 heavy (non-hydrogen) atoms. The Labute approximate surface area is 126 Å². The third-order valence-corrected chi connectivity index (χ3v) is 3.24. The number of rotatable bonds is 8. The lowest BCUT2D eigenvalue weighted by atomic mass is 10.1. The van der Waals surface area contributed by atoms with E-state index in [9.17, 15) is 0 Å². The van der Waals surface area contributed by atoms with E-state index in [0.717, 1.165) is 36.5 Å². The summed E-state index contributed by atoms with van der Waals surface area (Å²) in [5.41, 5.74) is 3.33. The second kappa shape index (κ2) is 7.78. The molecule has 0 aliphatic carbocycles. The van der Waals surface area contributed by atoms with Gasteiger partial charge in [0.2, 0.25) is 0 Å². The van der Waals surface area contributed by atoms with Gasteiger partial charge in [0.05, 0.1) is 12.2 Å². The normalized spacial score (nSPS) is 10.8. The maximum absolute atomic E-state index is 5.83. The molecule has 2 aromatic rings. The Morgan fingerprint density at radius 1 is 1.29 bits per heavy atom. The zero-order valence-corrected chi connectivity index (χ0v) is 13.1. The van der Waals surface area contributed by atoms with Gasteiger partial charge in [-0.2, -0.15) is 0 Å². The molecule has 0 bridgehead atoms. The highest BCUT2D eigenvalue weighted by atomic mass is 16.5. The summed E-state index contributed by atoms with van der Waals surface area (Å²) < 4.78 is 7.65. The molecule has 5 nitrogen and oxygen atoms in total. The molecule has 0 aliphatic rings. The van der Waals surface area contributed by atoms with E-state index in [2.05, 4.69) is 54.6 Å². The summed E-state index contributed by atoms with van der Waals surface area (Å²) in [6.07, 6.45) is 3.09. The third kappa shape index (κ3) is 4.86. The van der Waals surface area contributed by atoms with Gasteiger partial charge in [0.1, 0.15) is 12.4 Å². The summed E-state index contributed by atoms with van der Waals surface area (Å²) in [6, 6.07) is 6.24. The fourth-order valence-corrected chi connectivity index (χ4v) is 2.03. The minimum atomic E-state index is 0.593. The summed E-state index contributed by atoms with van der Waals surface area (Å²) in [6.45, 7) is 9.34. The zero-order valence-electron chi connectivity index (χ0n) is 13.1. The molecular formula is C16H24N4O. The monoisotopic (exact) mass is 288 g/mol. The lowest BCUT2D eigenvalue weighted by Crippen LogP contribution is -2.14. The molecule has 0 saturated heterocycles. The smallest absolute Gasteiger partial charge is 0.122 e. The SMILES string of the molecule is CCCNCc1cn(CCOc2cc(C)ccc2C)nn1. The molecule has 0 atom stereocenters. The van der Waals surface area contributed by atoms with Crippen LogP contribution in [0.1, 0.15) is 30.2 Å². The van der Waals surface area contributed by atoms with Crippen LogP contribution < -0.4 is 10.1 Å². The Morgan fingerprint density at radius 3 is 2.95 bits per heavy atom. The van der Waals surface area contributed by atoms with Crippen LogP contribution >= 0.6 is 0 Å². The maximum Gasteiger partial charge on any atom is 0.122 e. The van der Waals surface area contributed by atoms with E-state index in [1.54, 1.807) is 0 Å². The van der Waals surface area contributed by atoms with Crippen molar-refractivity contribution in [3.63, 3.8) is 0 Å². The second-order valence-corrected chi connectivity index (χ2v) is 5.27. The van der Waals surface area contributed by atoms with Crippen molar-refractivity contribution in [2.75, 3.05) is 13.2 Å². The van der Waals surface area contributed by atoms with Crippen LogP contribution in [-0.2, 0) is 13.1 Å². The number of hydrogen-bond acceptors (Lipinski definition) is 4. The molecule has 1 N–H and O–H groups in total. The third-order valence-electron chi connectivity index (χ3n) is 3.24. The van der Waals surface area contributed by atoms with Gasteiger partial charge in [-0.15, -0.1) is 5.10 Å². The van der Waals surface area contributed by atoms with Crippen LogP contribution in [0, 0.1) is 13.8 Å². The molecule has 1 aromatic carbocycles. The predicted molar refractivity (Wildman–Crippen MR) is 83.4 cm³/mol. The quantitative estimate of drug-likeness (QED) is 0.758. The molecule has 0 aliphatic heterocycles. The second-order valence-electron chi connectivity index (χ2n) is 5.27.